The van der Waals surface area contributed by atoms with Gasteiger partial charge >= 0.3 is 0 Å². The second kappa shape index (κ2) is 4.66. The summed E-state index contributed by atoms with van der Waals surface area (Å²) in [7, 11) is 0. The molecule has 2 nitrogen and oxygen atoms in total. The van der Waals surface area contributed by atoms with Crippen LogP contribution in [0.1, 0.15) is 36.4 Å². The molecular weight excluding hydrogens is 292 g/mol. The first-order valence-electron chi connectivity index (χ1n) is 9.31. The number of rotatable bonds is 1. The molecule has 6 rings (SSSR count). The second-order valence-corrected chi connectivity index (χ2v) is 7.85. The van der Waals surface area contributed by atoms with E-state index in [0.717, 1.165) is 17.8 Å². The van der Waals surface area contributed by atoms with Crippen molar-refractivity contribution in [1.82, 2.24) is 5.01 Å². The van der Waals surface area contributed by atoms with Crippen LogP contribution in [-0.4, -0.2) is 11.1 Å². The predicted octanol–water partition coefficient (Wildman–Crippen LogP) is 4.86. The molecule has 3 fully saturated rings. The van der Waals surface area contributed by atoms with Crippen LogP contribution in [0, 0.1) is 17.8 Å². The van der Waals surface area contributed by atoms with Gasteiger partial charge in [-0.1, -0.05) is 42.5 Å². The van der Waals surface area contributed by atoms with E-state index >= 15 is 0 Å². The highest BCUT2D eigenvalue weighted by molar-refractivity contribution is 5.61. The quantitative estimate of drug-likeness (QED) is 0.741. The maximum atomic E-state index is 2.63. The lowest BCUT2D eigenvalue weighted by atomic mass is 9.77. The van der Waals surface area contributed by atoms with Crippen molar-refractivity contribution in [2.24, 2.45) is 17.8 Å². The summed E-state index contributed by atoms with van der Waals surface area (Å²) in [5.41, 5.74) is 4.29. The number of fused-ring (bicyclic) bond motifs is 9. The minimum Gasteiger partial charge on any atom is -0.284 e. The fraction of sp³-hybridized carbons (Fsp3) is 0.364. The van der Waals surface area contributed by atoms with Crippen LogP contribution in [0.5, 0.6) is 0 Å². The molecule has 2 saturated carbocycles. The SMILES string of the molecule is C1=CN2[C@@H](c3ccccc31)[C@@H]1[C@H]3CC[C@H](C3)[C@@H]1N2c1ccccc1. The van der Waals surface area contributed by atoms with E-state index in [0.29, 0.717) is 12.1 Å². The average molecular weight is 314 g/mol. The first-order chi connectivity index (χ1) is 11.9. The van der Waals surface area contributed by atoms with E-state index in [-0.39, 0.29) is 0 Å². The van der Waals surface area contributed by atoms with Crippen molar-refractivity contribution in [2.45, 2.75) is 31.3 Å². The molecule has 2 heterocycles. The molecule has 0 aromatic heterocycles. The van der Waals surface area contributed by atoms with Gasteiger partial charge in [-0.3, -0.25) is 10.0 Å². The molecular formula is C22H22N2. The van der Waals surface area contributed by atoms with Gasteiger partial charge in [-0.15, -0.1) is 0 Å². The van der Waals surface area contributed by atoms with Crippen molar-refractivity contribution >= 4 is 11.8 Å². The van der Waals surface area contributed by atoms with Gasteiger partial charge in [0.2, 0.25) is 0 Å². The fourth-order valence-electron chi connectivity index (χ4n) is 6.07. The summed E-state index contributed by atoms with van der Waals surface area (Å²) >= 11 is 0. The highest BCUT2D eigenvalue weighted by atomic mass is 15.7. The van der Waals surface area contributed by atoms with Crippen molar-refractivity contribution in [3.63, 3.8) is 0 Å². The van der Waals surface area contributed by atoms with Crippen LogP contribution >= 0.6 is 0 Å². The van der Waals surface area contributed by atoms with Gasteiger partial charge in [-0.25, -0.2) is 0 Å². The summed E-state index contributed by atoms with van der Waals surface area (Å²) < 4.78 is 0. The number of hydrazine groups is 1. The zero-order valence-corrected chi connectivity index (χ0v) is 13.8. The summed E-state index contributed by atoms with van der Waals surface area (Å²) in [5.74, 6) is 2.54. The van der Waals surface area contributed by atoms with Gasteiger partial charge < -0.3 is 0 Å². The maximum absolute atomic E-state index is 2.63. The zero-order chi connectivity index (χ0) is 15.7. The molecule has 120 valence electrons. The van der Waals surface area contributed by atoms with Gasteiger partial charge in [-0.2, -0.15) is 0 Å². The number of nitrogens with zero attached hydrogens (tertiary/aromatic N) is 2. The van der Waals surface area contributed by atoms with Gasteiger partial charge in [0.15, 0.2) is 0 Å². The molecule has 2 aliphatic carbocycles. The van der Waals surface area contributed by atoms with E-state index in [1.807, 2.05) is 0 Å². The van der Waals surface area contributed by atoms with Gasteiger partial charge in [0.1, 0.15) is 0 Å². The fourth-order valence-corrected chi connectivity index (χ4v) is 6.07. The van der Waals surface area contributed by atoms with Crippen molar-refractivity contribution in [2.75, 3.05) is 5.01 Å². The number of hydrogen-bond acceptors (Lipinski definition) is 2. The number of para-hydroxylation sites is 1. The van der Waals surface area contributed by atoms with Crippen LogP contribution in [0.4, 0.5) is 5.69 Å². The minimum absolute atomic E-state index is 0.520. The Kier molecular flexibility index (Phi) is 2.54. The number of benzene rings is 2. The minimum atomic E-state index is 0.520. The molecule has 2 heteroatoms. The number of hydrogen-bond donors (Lipinski definition) is 0. The Morgan fingerprint density at radius 3 is 2.54 bits per heavy atom. The van der Waals surface area contributed by atoms with E-state index in [9.17, 15) is 0 Å². The van der Waals surface area contributed by atoms with E-state index in [2.05, 4.69) is 76.9 Å². The normalized spacial score (nSPS) is 35.1. The largest absolute Gasteiger partial charge is 0.284 e. The summed E-state index contributed by atoms with van der Waals surface area (Å²) in [6, 6.07) is 21.2. The van der Waals surface area contributed by atoms with Gasteiger partial charge in [0.25, 0.3) is 0 Å². The molecule has 4 aliphatic rings. The van der Waals surface area contributed by atoms with Crippen molar-refractivity contribution in [3.05, 3.63) is 71.9 Å². The summed E-state index contributed by atoms with van der Waals surface area (Å²) in [5, 5.41) is 5.18. The van der Waals surface area contributed by atoms with E-state index in [1.165, 1.54) is 36.1 Å². The maximum Gasteiger partial charge on any atom is 0.0806 e. The molecule has 5 atom stereocenters. The zero-order valence-electron chi connectivity index (χ0n) is 13.8. The molecule has 2 aromatic rings. The van der Waals surface area contributed by atoms with E-state index < -0.39 is 0 Å². The molecule has 1 saturated heterocycles. The van der Waals surface area contributed by atoms with Crippen molar-refractivity contribution in [3.8, 4) is 0 Å². The third kappa shape index (κ3) is 1.56. The van der Waals surface area contributed by atoms with Crippen LogP contribution in [0.2, 0.25) is 0 Å². The highest BCUT2D eigenvalue weighted by Crippen LogP contribution is 2.62. The molecule has 0 spiro atoms. The Bertz CT molecular complexity index is 802. The first kappa shape index (κ1) is 13.1. The first-order valence-corrected chi connectivity index (χ1v) is 9.31. The molecule has 0 radical (unpaired) electrons. The third-order valence-electron chi connectivity index (χ3n) is 6.86. The van der Waals surface area contributed by atoms with Crippen molar-refractivity contribution < 1.29 is 0 Å². The molecule has 24 heavy (non-hydrogen) atoms. The Hall–Kier alpha value is -2.22. The Balaban J connectivity index is 1.54. The highest BCUT2D eigenvalue weighted by Gasteiger charge is 2.60. The lowest BCUT2D eigenvalue weighted by Crippen LogP contribution is -2.42. The van der Waals surface area contributed by atoms with Crippen molar-refractivity contribution in [1.29, 1.82) is 0 Å². The lowest BCUT2D eigenvalue weighted by Gasteiger charge is -2.39. The van der Waals surface area contributed by atoms with Crippen LogP contribution < -0.4 is 5.01 Å². The number of anilines is 1. The van der Waals surface area contributed by atoms with Gasteiger partial charge in [-0.05, 0) is 60.4 Å². The third-order valence-corrected chi connectivity index (χ3v) is 6.86. The second-order valence-electron chi connectivity index (χ2n) is 7.85. The van der Waals surface area contributed by atoms with Crippen LogP contribution in [0.15, 0.2) is 60.8 Å². The lowest BCUT2D eigenvalue weighted by molar-refractivity contribution is 0.242. The van der Waals surface area contributed by atoms with Gasteiger partial charge in [0, 0.05) is 12.1 Å². The Morgan fingerprint density at radius 2 is 1.62 bits per heavy atom. The summed E-state index contributed by atoms with van der Waals surface area (Å²) in [6.45, 7) is 0. The summed E-state index contributed by atoms with van der Waals surface area (Å²) in [4.78, 5) is 0. The Labute approximate surface area is 143 Å². The Morgan fingerprint density at radius 1 is 0.833 bits per heavy atom. The smallest absolute Gasteiger partial charge is 0.0806 e. The molecule has 2 aromatic carbocycles. The monoisotopic (exact) mass is 314 g/mol. The predicted molar refractivity (Wildman–Crippen MR) is 97.1 cm³/mol. The standard InChI is InChI=1S/C22H22N2/c1-2-7-18(8-3-1)24-21-17-11-10-16(14-17)20(21)22-19-9-5-4-6-15(19)12-13-23(22)24/h1-9,12-13,16-17,20-22H,10-11,14H2/t16-,17+,20+,21-,22-/m0/s1. The average Bonchev–Trinajstić information content (AvgIpc) is 3.33. The van der Waals surface area contributed by atoms with E-state index in [4.69, 9.17) is 0 Å². The molecule has 0 N–H and O–H groups in total. The summed E-state index contributed by atoms with van der Waals surface area (Å²) in [6.07, 6.45) is 8.92. The molecule has 2 aliphatic heterocycles. The molecule has 0 unspecified atom stereocenters. The molecule has 2 bridgehead atoms. The van der Waals surface area contributed by atoms with Crippen LogP contribution in [0.3, 0.4) is 0 Å². The van der Waals surface area contributed by atoms with Gasteiger partial charge in [0.05, 0.1) is 17.8 Å². The van der Waals surface area contributed by atoms with Crippen LogP contribution in [0.25, 0.3) is 6.08 Å². The van der Waals surface area contributed by atoms with E-state index in [1.54, 1.807) is 0 Å². The topological polar surface area (TPSA) is 6.48 Å². The molecule has 0 amide bonds. The van der Waals surface area contributed by atoms with Crippen LogP contribution in [-0.2, 0) is 0 Å².